The van der Waals surface area contributed by atoms with E-state index in [1.165, 1.54) is 50.1 Å². The average molecular weight is 375 g/mol. The summed E-state index contributed by atoms with van der Waals surface area (Å²) in [5, 5.41) is 0. The third-order valence-corrected chi connectivity index (χ3v) is 6.42. The lowest BCUT2D eigenvalue weighted by molar-refractivity contribution is 0.873. The summed E-state index contributed by atoms with van der Waals surface area (Å²) in [5.74, 6) is 0.425. The van der Waals surface area contributed by atoms with E-state index in [2.05, 4.69) is 105 Å². The molecule has 0 fully saturated rings. The van der Waals surface area contributed by atoms with Crippen molar-refractivity contribution in [1.82, 2.24) is 0 Å². The van der Waals surface area contributed by atoms with Crippen molar-refractivity contribution in [3.05, 3.63) is 112 Å². The monoisotopic (exact) mass is 374 g/mol. The molecule has 0 spiro atoms. The molecule has 1 unspecified atom stereocenters. The average Bonchev–Trinajstić information content (AvgIpc) is 2.91. The minimum atomic E-state index is 0.425. The molecular weight excluding hydrogens is 348 g/mol. The molecule has 2 aliphatic rings. The van der Waals surface area contributed by atoms with Crippen molar-refractivity contribution < 1.29 is 0 Å². The van der Waals surface area contributed by atoms with Crippen molar-refractivity contribution in [3.8, 4) is 11.1 Å². The second-order valence-corrected chi connectivity index (χ2v) is 8.19. The van der Waals surface area contributed by atoms with Crippen molar-refractivity contribution >= 4 is 17.7 Å². The Kier molecular flexibility index (Phi) is 4.56. The molecule has 0 bridgehead atoms. The first kappa shape index (κ1) is 17.9. The van der Waals surface area contributed by atoms with Gasteiger partial charge in [-0.05, 0) is 70.2 Å². The summed E-state index contributed by atoms with van der Waals surface area (Å²) in [5.41, 5.74) is 12.3. The molecule has 0 heterocycles. The third-order valence-electron chi connectivity index (χ3n) is 6.42. The molecule has 0 heteroatoms. The van der Waals surface area contributed by atoms with Gasteiger partial charge in [0.25, 0.3) is 0 Å². The normalized spacial score (nSPS) is 17.7. The molecule has 0 N–H and O–H groups in total. The van der Waals surface area contributed by atoms with Gasteiger partial charge in [0.2, 0.25) is 0 Å². The minimum absolute atomic E-state index is 0.425. The van der Waals surface area contributed by atoms with Crippen LogP contribution in [0.2, 0.25) is 0 Å². The first-order valence-electron chi connectivity index (χ1n) is 10.6. The van der Waals surface area contributed by atoms with Gasteiger partial charge in [-0.15, -0.1) is 0 Å². The molecule has 5 rings (SSSR count). The summed E-state index contributed by atoms with van der Waals surface area (Å²) in [7, 11) is 0. The predicted molar refractivity (Wildman–Crippen MR) is 126 cm³/mol. The lowest BCUT2D eigenvalue weighted by atomic mass is 9.84. The van der Waals surface area contributed by atoms with E-state index < -0.39 is 0 Å². The molecule has 0 saturated carbocycles. The van der Waals surface area contributed by atoms with E-state index in [0.717, 1.165) is 12.8 Å². The number of hydrogen-bond acceptors (Lipinski definition) is 0. The van der Waals surface area contributed by atoms with Crippen LogP contribution in [-0.4, -0.2) is 0 Å². The van der Waals surface area contributed by atoms with Gasteiger partial charge in [-0.3, -0.25) is 0 Å². The number of hydrogen-bond donors (Lipinski definition) is 0. The summed E-state index contributed by atoms with van der Waals surface area (Å²) < 4.78 is 0. The van der Waals surface area contributed by atoms with E-state index in [4.69, 9.17) is 0 Å². The van der Waals surface area contributed by atoms with Gasteiger partial charge in [0.1, 0.15) is 0 Å². The van der Waals surface area contributed by atoms with E-state index in [-0.39, 0.29) is 0 Å². The van der Waals surface area contributed by atoms with Gasteiger partial charge >= 0.3 is 0 Å². The Morgan fingerprint density at radius 2 is 1.45 bits per heavy atom. The van der Waals surface area contributed by atoms with Crippen LogP contribution in [0.25, 0.3) is 28.9 Å². The number of benzene rings is 3. The second-order valence-electron chi connectivity index (χ2n) is 8.19. The largest absolute Gasteiger partial charge is 0.0836 e. The summed E-state index contributed by atoms with van der Waals surface area (Å²) in [4.78, 5) is 0. The number of allylic oxidation sites excluding steroid dienone is 3. The molecule has 0 radical (unpaired) electrons. The van der Waals surface area contributed by atoms with Gasteiger partial charge in [-0.25, -0.2) is 0 Å². The Morgan fingerprint density at radius 1 is 0.724 bits per heavy atom. The lowest BCUT2D eigenvalue weighted by Gasteiger charge is -2.20. The molecule has 2 aliphatic carbocycles. The van der Waals surface area contributed by atoms with E-state index in [1.54, 1.807) is 0 Å². The summed E-state index contributed by atoms with van der Waals surface area (Å²) in [6, 6.07) is 24.4. The summed E-state index contributed by atoms with van der Waals surface area (Å²) >= 11 is 0. The minimum Gasteiger partial charge on any atom is -0.0836 e. The van der Waals surface area contributed by atoms with Crippen LogP contribution >= 0.6 is 0 Å². The smallest absolute Gasteiger partial charge is 0.00416 e. The zero-order chi connectivity index (χ0) is 19.8. The lowest BCUT2D eigenvalue weighted by Crippen LogP contribution is -2.02. The van der Waals surface area contributed by atoms with Crippen LogP contribution in [0.5, 0.6) is 0 Å². The third kappa shape index (κ3) is 3.19. The van der Waals surface area contributed by atoms with Gasteiger partial charge in [0, 0.05) is 0 Å². The number of fused-ring (bicyclic) bond motifs is 3. The number of aryl methyl sites for hydroxylation is 1. The van der Waals surface area contributed by atoms with Gasteiger partial charge in [-0.1, -0.05) is 104 Å². The fourth-order valence-electron chi connectivity index (χ4n) is 4.60. The molecule has 142 valence electrons. The highest BCUT2D eigenvalue weighted by molar-refractivity contribution is 5.91. The summed E-state index contributed by atoms with van der Waals surface area (Å²) in [6.45, 7) is 4.60. The van der Waals surface area contributed by atoms with Crippen molar-refractivity contribution in [2.75, 3.05) is 0 Å². The Hall–Kier alpha value is -3.12. The maximum Gasteiger partial charge on any atom is -0.00416 e. The maximum atomic E-state index is 2.36. The van der Waals surface area contributed by atoms with E-state index in [9.17, 15) is 0 Å². The highest BCUT2D eigenvalue weighted by Crippen LogP contribution is 2.40. The molecule has 0 aliphatic heterocycles. The van der Waals surface area contributed by atoms with Crippen molar-refractivity contribution in [2.45, 2.75) is 26.7 Å². The Morgan fingerprint density at radius 3 is 2.24 bits per heavy atom. The van der Waals surface area contributed by atoms with E-state index in [0.29, 0.717) is 5.92 Å². The SMILES string of the molecule is CC1=C(c2ccc(-c3ccccc3)cc2)c2ccc3c(c2C=CC1C)C=CCC3. The van der Waals surface area contributed by atoms with Gasteiger partial charge in [0.15, 0.2) is 0 Å². The fraction of sp³-hybridized carbons (Fsp3) is 0.172. The van der Waals surface area contributed by atoms with Crippen LogP contribution in [0.15, 0.2) is 84.5 Å². The Labute approximate surface area is 173 Å². The second kappa shape index (κ2) is 7.37. The quantitative estimate of drug-likeness (QED) is 0.429. The molecule has 3 aromatic rings. The predicted octanol–water partition coefficient (Wildman–Crippen LogP) is 7.80. The van der Waals surface area contributed by atoms with Gasteiger partial charge < -0.3 is 0 Å². The van der Waals surface area contributed by atoms with Crippen LogP contribution < -0.4 is 0 Å². The molecular formula is C29H26. The Balaban J connectivity index is 1.65. The maximum absolute atomic E-state index is 2.36. The molecule has 0 amide bonds. The zero-order valence-electron chi connectivity index (χ0n) is 17.2. The fourth-order valence-corrected chi connectivity index (χ4v) is 4.60. The Bertz CT molecular complexity index is 1140. The zero-order valence-corrected chi connectivity index (χ0v) is 17.2. The summed E-state index contributed by atoms with van der Waals surface area (Å²) in [6.07, 6.45) is 11.6. The first-order valence-corrected chi connectivity index (χ1v) is 10.6. The molecule has 0 aromatic heterocycles. The molecule has 0 saturated heterocycles. The van der Waals surface area contributed by atoms with Crippen molar-refractivity contribution in [3.63, 3.8) is 0 Å². The van der Waals surface area contributed by atoms with Crippen LogP contribution in [0.4, 0.5) is 0 Å². The molecule has 1 atom stereocenters. The van der Waals surface area contributed by atoms with Gasteiger partial charge in [0.05, 0.1) is 0 Å². The molecule has 29 heavy (non-hydrogen) atoms. The molecule has 3 aromatic carbocycles. The first-order chi connectivity index (χ1) is 14.2. The molecule has 0 nitrogen and oxygen atoms in total. The van der Waals surface area contributed by atoms with Crippen molar-refractivity contribution in [1.29, 1.82) is 0 Å². The van der Waals surface area contributed by atoms with Crippen LogP contribution in [0.3, 0.4) is 0 Å². The van der Waals surface area contributed by atoms with Crippen LogP contribution in [0.1, 0.15) is 48.1 Å². The van der Waals surface area contributed by atoms with Crippen molar-refractivity contribution in [2.24, 2.45) is 5.92 Å². The van der Waals surface area contributed by atoms with Crippen LogP contribution in [0, 0.1) is 5.92 Å². The van der Waals surface area contributed by atoms with Crippen LogP contribution in [-0.2, 0) is 6.42 Å². The van der Waals surface area contributed by atoms with E-state index in [1.807, 2.05) is 0 Å². The van der Waals surface area contributed by atoms with E-state index >= 15 is 0 Å². The van der Waals surface area contributed by atoms with Gasteiger partial charge in [-0.2, -0.15) is 0 Å². The topological polar surface area (TPSA) is 0 Å². The highest BCUT2D eigenvalue weighted by Gasteiger charge is 2.21. The number of rotatable bonds is 2. The standard InChI is InChI=1S/C29H26/c1-20-12-18-27-26-11-7-6-10-24(26)17-19-28(27)29(21(20)2)25-15-13-23(14-16-25)22-8-4-3-5-9-22/h3-5,7-9,11-20H,6,10H2,1-2H3. The highest BCUT2D eigenvalue weighted by atomic mass is 14.2.